The van der Waals surface area contributed by atoms with Crippen molar-refractivity contribution < 1.29 is 72.0 Å². The van der Waals surface area contributed by atoms with E-state index in [1.807, 2.05) is 0 Å². The number of phenolic OH excluding ortho intramolecular Hbond substituents is 1. The smallest absolute Gasteiger partial charge is 0.419 e. The fraction of sp³-hybridized carbons (Fsp3) is 0.226. The first kappa shape index (κ1) is 48.4. The standard InChI is InChI=1S/C8H6F3NO2S.C8H8F3NS.C8H7F3OS.C7H3F4NO2/c1-15-7-3-2-5(12(13)14)4-6(7)8(9,10)11;2*1-13-7-3-2-5(12)4-6(7)8(9,10)11;8-6-2-1-4(12(13)14)3-5(6)7(9,10)11/h2-4H,1H3;2-4H,12H2,1H3;2-4,12H,1H3;1-3H. The van der Waals surface area contributed by atoms with E-state index >= 15 is 0 Å². The number of benzene rings is 4. The lowest BCUT2D eigenvalue weighted by atomic mass is 10.2. The minimum absolute atomic E-state index is 0.0203. The lowest BCUT2D eigenvalue weighted by Crippen LogP contribution is -2.08. The molecule has 0 spiro atoms. The fourth-order valence-corrected chi connectivity index (χ4v) is 5.54. The van der Waals surface area contributed by atoms with Crippen LogP contribution in [0.3, 0.4) is 0 Å². The van der Waals surface area contributed by atoms with Gasteiger partial charge in [-0.15, -0.1) is 35.3 Å². The molecule has 0 aromatic heterocycles. The molecule has 0 radical (unpaired) electrons. The van der Waals surface area contributed by atoms with Crippen LogP contribution in [0.4, 0.5) is 74.1 Å². The van der Waals surface area contributed by atoms with Gasteiger partial charge in [0.05, 0.1) is 32.1 Å². The Kier molecular flexibility index (Phi) is 17.5. The molecule has 0 heterocycles. The molecular weight excluding hydrogens is 838 g/mol. The van der Waals surface area contributed by atoms with Crippen LogP contribution in [-0.2, 0) is 24.7 Å². The second-order valence-corrected chi connectivity index (χ2v) is 12.4. The van der Waals surface area contributed by atoms with Crippen molar-refractivity contribution in [3.05, 3.63) is 121 Å². The number of phenols is 1. The van der Waals surface area contributed by atoms with E-state index in [9.17, 15) is 77.3 Å². The summed E-state index contributed by atoms with van der Waals surface area (Å²) in [6, 6.07) is 11.0. The third-order valence-corrected chi connectivity index (χ3v) is 8.57. The minimum Gasteiger partial charge on any atom is -0.508 e. The number of hydrogen-bond donors (Lipinski definition) is 2. The summed E-state index contributed by atoms with van der Waals surface area (Å²) in [7, 11) is 0. The Labute approximate surface area is 314 Å². The topological polar surface area (TPSA) is 133 Å². The van der Waals surface area contributed by atoms with Crippen molar-refractivity contribution in [3.8, 4) is 5.75 Å². The molecule has 3 N–H and O–H groups in total. The Balaban J connectivity index is 0.000000367. The van der Waals surface area contributed by atoms with Gasteiger partial charge < -0.3 is 10.8 Å². The molecule has 4 rings (SSSR count). The van der Waals surface area contributed by atoms with E-state index in [0.717, 1.165) is 59.6 Å². The summed E-state index contributed by atoms with van der Waals surface area (Å²) >= 11 is 2.96. The number of aromatic hydroxyl groups is 1. The number of nitro groups is 2. The number of rotatable bonds is 5. The molecule has 0 unspecified atom stereocenters. The highest BCUT2D eigenvalue weighted by atomic mass is 32.2. The Hall–Kier alpha value is -4.58. The summed E-state index contributed by atoms with van der Waals surface area (Å²) in [5, 5.41) is 29.3. The zero-order valence-electron chi connectivity index (χ0n) is 27.6. The summed E-state index contributed by atoms with van der Waals surface area (Å²) in [6.45, 7) is 0. The normalized spacial score (nSPS) is 11.6. The highest BCUT2D eigenvalue weighted by molar-refractivity contribution is 7.99. The molecule has 0 fully saturated rings. The minimum atomic E-state index is -4.92. The van der Waals surface area contributed by atoms with E-state index < -0.39 is 74.0 Å². The molecule has 0 saturated heterocycles. The van der Waals surface area contributed by atoms with Gasteiger partial charge in [-0.3, -0.25) is 20.2 Å². The monoisotopic (exact) mass is 861 g/mol. The molecule has 55 heavy (non-hydrogen) atoms. The zero-order valence-corrected chi connectivity index (χ0v) is 30.1. The number of halogens is 13. The number of alkyl halides is 12. The maximum absolute atomic E-state index is 12.6. The lowest BCUT2D eigenvalue weighted by Gasteiger charge is -2.11. The number of nitrogens with zero attached hydrogens (tertiary/aromatic N) is 2. The molecule has 0 bridgehead atoms. The number of nitro benzene ring substituents is 2. The van der Waals surface area contributed by atoms with Crippen molar-refractivity contribution in [1.82, 2.24) is 0 Å². The van der Waals surface area contributed by atoms with Gasteiger partial charge in [-0.2, -0.15) is 52.7 Å². The first-order valence-corrected chi connectivity index (χ1v) is 17.6. The van der Waals surface area contributed by atoms with Crippen LogP contribution >= 0.6 is 35.3 Å². The van der Waals surface area contributed by atoms with Gasteiger partial charge in [-0.1, -0.05) is 0 Å². The van der Waals surface area contributed by atoms with Gasteiger partial charge in [0.2, 0.25) is 0 Å². The van der Waals surface area contributed by atoms with Crippen LogP contribution < -0.4 is 5.73 Å². The number of nitrogens with two attached hydrogens (primary N) is 1. The van der Waals surface area contributed by atoms with Gasteiger partial charge in [-0.25, -0.2) is 4.39 Å². The van der Waals surface area contributed by atoms with Crippen LogP contribution in [0, 0.1) is 26.0 Å². The average molecular weight is 862 g/mol. The summed E-state index contributed by atoms with van der Waals surface area (Å²) in [4.78, 5) is 18.8. The Morgan fingerprint density at radius 3 is 1.24 bits per heavy atom. The van der Waals surface area contributed by atoms with Crippen LogP contribution in [0.2, 0.25) is 0 Å². The van der Waals surface area contributed by atoms with Crippen LogP contribution in [0.5, 0.6) is 5.75 Å². The third-order valence-electron chi connectivity index (χ3n) is 6.18. The van der Waals surface area contributed by atoms with Gasteiger partial charge in [0.15, 0.2) is 0 Å². The molecule has 0 saturated carbocycles. The quantitative estimate of drug-likeness (QED) is 0.0661. The summed E-state index contributed by atoms with van der Waals surface area (Å²) in [5.74, 6) is -1.90. The second kappa shape index (κ2) is 19.8. The summed E-state index contributed by atoms with van der Waals surface area (Å²) < 4.78 is 160. The molecule has 302 valence electrons. The maximum Gasteiger partial charge on any atom is 0.419 e. The fourth-order valence-electron chi connectivity index (χ4n) is 3.74. The van der Waals surface area contributed by atoms with Crippen LogP contribution in [0.25, 0.3) is 0 Å². The maximum atomic E-state index is 12.6. The molecule has 8 nitrogen and oxygen atoms in total. The molecule has 4 aromatic carbocycles. The van der Waals surface area contributed by atoms with E-state index in [-0.39, 0.29) is 32.2 Å². The first-order valence-electron chi connectivity index (χ1n) is 13.9. The van der Waals surface area contributed by atoms with Gasteiger partial charge in [0.25, 0.3) is 11.4 Å². The third kappa shape index (κ3) is 15.2. The van der Waals surface area contributed by atoms with Gasteiger partial charge in [0, 0.05) is 44.6 Å². The zero-order chi connectivity index (χ0) is 42.7. The van der Waals surface area contributed by atoms with E-state index in [0.29, 0.717) is 18.2 Å². The van der Waals surface area contributed by atoms with Crippen molar-refractivity contribution in [2.75, 3.05) is 24.5 Å². The Morgan fingerprint density at radius 1 is 0.527 bits per heavy atom. The predicted octanol–water partition coefficient (Wildman–Crippen LogP) is 12.2. The van der Waals surface area contributed by atoms with Crippen molar-refractivity contribution in [3.63, 3.8) is 0 Å². The molecule has 24 heteroatoms. The molecule has 0 amide bonds. The van der Waals surface area contributed by atoms with E-state index in [4.69, 9.17) is 10.8 Å². The molecule has 0 atom stereocenters. The average Bonchev–Trinajstić information content (AvgIpc) is 3.07. The van der Waals surface area contributed by atoms with E-state index in [1.165, 1.54) is 30.5 Å². The van der Waals surface area contributed by atoms with Crippen molar-refractivity contribution in [2.45, 2.75) is 39.4 Å². The van der Waals surface area contributed by atoms with Crippen LogP contribution in [-0.4, -0.2) is 33.7 Å². The Morgan fingerprint density at radius 2 is 0.855 bits per heavy atom. The number of hydrogen-bond acceptors (Lipinski definition) is 9. The number of anilines is 1. The predicted molar refractivity (Wildman–Crippen MR) is 180 cm³/mol. The first-order chi connectivity index (χ1) is 25.1. The largest absolute Gasteiger partial charge is 0.508 e. The van der Waals surface area contributed by atoms with Gasteiger partial charge in [-0.05, 0) is 67.3 Å². The van der Waals surface area contributed by atoms with Crippen molar-refractivity contribution in [2.24, 2.45) is 0 Å². The highest BCUT2D eigenvalue weighted by Gasteiger charge is 2.37. The SMILES string of the molecule is CSc1ccc(N)cc1C(F)(F)F.CSc1ccc(O)cc1C(F)(F)F.CSc1ccc([N+](=O)[O-])cc1C(F)(F)F.O=[N+]([O-])c1ccc(F)c(C(F)(F)F)c1. The van der Waals surface area contributed by atoms with Crippen molar-refractivity contribution in [1.29, 1.82) is 0 Å². The lowest BCUT2D eigenvalue weighted by molar-refractivity contribution is -0.385. The molecular formula is C31H24F13N3O5S3. The molecule has 0 aliphatic heterocycles. The number of thioether (sulfide) groups is 3. The van der Waals surface area contributed by atoms with E-state index in [1.54, 1.807) is 12.5 Å². The van der Waals surface area contributed by atoms with Crippen molar-refractivity contribution >= 4 is 52.3 Å². The van der Waals surface area contributed by atoms with Gasteiger partial charge in [0.1, 0.15) is 11.6 Å². The number of nitrogen functional groups attached to an aromatic ring is 1. The molecule has 0 aliphatic rings. The van der Waals surface area contributed by atoms with Crippen LogP contribution in [0.15, 0.2) is 87.5 Å². The molecule has 4 aromatic rings. The number of non-ortho nitro benzene ring substituents is 2. The Bertz CT molecular complexity index is 1880. The summed E-state index contributed by atoms with van der Waals surface area (Å²) in [6.07, 6.45) is -13.6. The summed E-state index contributed by atoms with van der Waals surface area (Å²) in [5.41, 5.74) is -0.00828. The second-order valence-electron chi connectivity index (χ2n) is 9.90. The molecule has 0 aliphatic carbocycles. The highest BCUT2D eigenvalue weighted by Crippen LogP contribution is 2.40. The van der Waals surface area contributed by atoms with Gasteiger partial charge >= 0.3 is 24.7 Å². The van der Waals surface area contributed by atoms with Crippen LogP contribution in [0.1, 0.15) is 22.3 Å². The van der Waals surface area contributed by atoms with E-state index in [2.05, 4.69) is 0 Å².